The van der Waals surface area contributed by atoms with Crippen molar-refractivity contribution in [2.75, 3.05) is 0 Å². The topological polar surface area (TPSA) is 105 Å². The number of primary amides is 1. The largest absolute Gasteiger partial charge is 0.435 e. The molecular formula is C22H18FN5O3S. The van der Waals surface area contributed by atoms with Crippen LogP contribution >= 0.6 is 11.3 Å². The van der Waals surface area contributed by atoms with Crippen LogP contribution in [-0.4, -0.2) is 25.2 Å². The number of thiazole rings is 1. The smallest absolute Gasteiger partial charge is 0.351 e. The second kappa shape index (κ2) is 7.72. The lowest BCUT2D eigenvalue weighted by Gasteiger charge is -2.12. The molecule has 0 saturated heterocycles. The minimum Gasteiger partial charge on any atom is -0.435 e. The van der Waals surface area contributed by atoms with Crippen molar-refractivity contribution in [3.8, 4) is 17.3 Å². The van der Waals surface area contributed by atoms with Crippen LogP contribution in [0.2, 0.25) is 0 Å². The fourth-order valence-electron chi connectivity index (χ4n) is 3.85. The highest BCUT2D eigenvalue weighted by atomic mass is 32.1. The first-order chi connectivity index (χ1) is 15.4. The molecule has 2 aromatic carbocycles. The van der Waals surface area contributed by atoms with Gasteiger partial charge in [0.25, 0.3) is 5.91 Å². The Morgan fingerprint density at radius 2 is 2.03 bits per heavy atom. The zero-order valence-electron chi connectivity index (χ0n) is 17.0. The molecule has 2 aromatic heterocycles. The van der Waals surface area contributed by atoms with Gasteiger partial charge in [-0.05, 0) is 31.0 Å². The molecule has 4 aromatic rings. The van der Waals surface area contributed by atoms with Crippen molar-refractivity contribution in [1.82, 2.24) is 19.3 Å². The molecule has 32 heavy (non-hydrogen) atoms. The van der Waals surface area contributed by atoms with Gasteiger partial charge in [0.05, 0.1) is 16.6 Å². The van der Waals surface area contributed by atoms with Crippen molar-refractivity contribution in [2.24, 2.45) is 5.73 Å². The van der Waals surface area contributed by atoms with Gasteiger partial charge >= 0.3 is 5.69 Å². The summed E-state index contributed by atoms with van der Waals surface area (Å²) in [5.41, 5.74) is 6.25. The zero-order valence-corrected chi connectivity index (χ0v) is 17.8. The highest BCUT2D eigenvalue weighted by Crippen LogP contribution is 2.32. The number of amides is 1. The normalized spacial score (nSPS) is 15.0. The molecule has 0 fully saturated rings. The average Bonchev–Trinajstić information content (AvgIpc) is 3.45. The Morgan fingerprint density at radius 1 is 1.25 bits per heavy atom. The van der Waals surface area contributed by atoms with Crippen LogP contribution in [0.15, 0.2) is 53.3 Å². The Balaban J connectivity index is 1.46. The van der Waals surface area contributed by atoms with E-state index in [1.165, 1.54) is 16.8 Å². The first kappa shape index (κ1) is 20.1. The third kappa shape index (κ3) is 3.38. The fraction of sp³-hybridized carbons (Fsp3) is 0.182. The van der Waals surface area contributed by atoms with E-state index in [-0.39, 0.29) is 28.4 Å². The maximum Gasteiger partial charge on any atom is 0.351 e. The van der Waals surface area contributed by atoms with E-state index in [0.29, 0.717) is 22.8 Å². The van der Waals surface area contributed by atoms with Gasteiger partial charge in [-0.3, -0.25) is 9.36 Å². The van der Waals surface area contributed by atoms with Crippen LogP contribution in [-0.2, 0) is 6.42 Å². The molecule has 2 N–H and O–H groups in total. The first-order valence-electron chi connectivity index (χ1n) is 9.93. The molecule has 0 spiro atoms. The van der Waals surface area contributed by atoms with Crippen molar-refractivity contribution >= 4 is 17.2 Å². The predicted molar refractivity (Wildman–Crippen MR) is 116 cm³/mol. The second-order valence-corrected chi connectivity index (χ2v) is 8.61. The molecule has 162 valence electrons. The van der Waals surface area contributed by atoms with Crippen molar-refractivity contribution in [1.29, 1.82) is 0 Å². The van der Waals surface area contributed by atoms with Crippen LogP contribution in [0.1, 0.15) is 38.5 Å². The Labute approximate surface area is 185 Å². The quantitative estimate of drug-likeness (QED) is 0.501. The third-order valence-corrected chi connectivity index (χ3v) is 6.32. The number of carbonyl (C=O) groups is 1. The molecule has 0 saturated carbocycles. The Hall–Kier alpha value is -3.79. The van der Waals surface area contributed by atoms with Crippen LogP contribution in [0.5, 0.6) is 11.6 Å². The molecule has 1 unspecified atom stereocenters. The van der Waals surface area contributed by atoms with Gasteiger partial charge in [-0.15, -0.1) is 16.4 Å². The summed E-state index contributed by atoms with van der Waals surface area (Å²) >= 11 is 1.07. The number of nitrogens with zero attached hydrogens (tertiary/aromatic N) is 4. The monoisotopic (exact) mass is 451 g/mol. The lowest BCUT2D eigenvalue weighted by Crippen LogP contribution is -2.26. The van der Waals surface area contributed by atoms with Crippen molar-refractivity contribution < 1.29 is 13.9 Å². The van der Waals surface area contributed by atoms with Crippen LogP contribution in [0, 0.1) is 12.7 Å². The van der Waals surface area contributed by atoms with Gasteiger partial charge in [-0.25, -0.2) is 9.18 Å². The van der Waals surface area contributed by atoms with Gasteiger partial charge in [0, 0.05) is 12.5 Å². The summed E-state index contributed by atoms with van der Waals surface area (Å²) < 4.78 is 23.2. The molecule has 3 heterocycles. The van der Waals surface area contributed by atoms with Crippen molar-refractivity contribution in [3.63, 3.8) is 0 Å². The molecule has 10 heteroatoms. The molecule has 1 amide bonds. The first-order valence-corrected chi connectivity index (χ1v) is 10.7. The van der Waals surface area contributed by atoms with Crippen molar-refractivity contribution in [3.05, 3.63) is 86.1 Å². The number of hydrogen-bond donors (Lipinski definition) is 1. The second-order valence-electron chi connectivity index (χ2n) is 7.41. The number of hydrogen-bond acceptors (Lipinski definition) is 6. The molecule has 0 bridgehead atoms. The molecule has 8 nitrogen and oxygen atoms in total. The maximum absolute atomic E-state index is 14.8. The fourth-order valence-corrected chi connectivity index (χ4v) is 4.54. The Kier molecular flexibility index (Phi) is 4.86. The van der Waals surface area contributed by atoms with Gasteiger partial charge in [0.1, 0.15) is 5.82 Å². The molecule has 1 atom stereocenters. The number of fused-ring (bicyclic) bond motifs is 1. The highest BCUT2D eigenvalue weighted by molar-refractivity contribution is 7.13. The lowest BCUT2D eigenvalue weighted by atomic mass is 10.1. The van der Waals surface area contributed by atoms with E-state index in [1.54, 1.807) is 17.6 Å². The van der Waals surface area contributed by atoms with E-state index in [9.17, 15) is 14.0 Å². The number of halogens is 1. The van der Waals surface area contributed by atoms with Gasteiger partial charge in [-0.2, -0.15) is 9.67 Å². The number of nitrogens with two attached hydrogens (primary N) is 1. The van der Waals surface area contributed by atoms with E-state index in [0.717, 1.165) is 23.3 Å². The summed E-state index contributed by atoms with van der Waals surface area (Å²) in [7, 11) is 0. The molecule has 1 aliphatic heterocycles. The van der Waals surface area contributed by atoms with Gasteiger partial charge in [0.15, 0.2) is 16.6 Å². The summed E-state index contributed by atoms with van der Waals surface area (Å²) in [6, 6.07) is 13.8. The highest BCUT2D eigenvalue weighted by Gasteiger charge is 2.29. The van der Waals surface area contributed by atoms with Crippen LogP contribution in [0.3, 0.4) is 0 Å². The number of ether oxygens (including phenoxy) is 1. The summed E-state index contributed by atoms with van der Waals surface area (Å²) in [5.74, 6) is -0.666. The zero-order chi connectivity index (χ0) is 22.4. The van der Waals surface area contributed by atoms with E-state index in [2.05, 4.69) is 10.1 Å². The standard InChI is InChI=1S/C22H18FN5O3S/c1-12-20(25-21(32-12)19(24)29)31-17-9-7-14(11-15(17)23)28-22(30)27-16(8-10-18(27)26-28)13-5-3-2-4-6-13/h2-7,9,11,16H,8,10H2,1H3,(H2,24,29). The van der Waals surface area contributed by atoms with Crippen molar-refractivity contribution in [2.45, 2.75) is 25.8 Å². The molecule has 5 rings (SSSR count). The maximum atomic E-state index is 14.8. The van der Waals surface area contributed by atoms with Crippen LogP contribution in [0.4, 0.5) is 4.39 Å². The van der Waals surface area contributed by atoms with E-state index in [1.807, 2.05) is 30.3 Å². The Bertz CT molecular complexity index is 1390. The number of aromatic nitrogens is 4. The Morgan fingerprint density at radius 3 is 2.72 bits per heavy atom. The van der Waals surface area contributed by atoms with Crippen LogP contribution in [0.25, 0.3) is 5.69 Å². The number of rotatable bonds is 5. The minimum atomic E-state index is -0.685. The van der Waals surface area contributed by atoms with E-state index in [4.69, 9.17) is 10.5 Å². The summed E-state index contributed by atoms with van der Waals surface area (Å²) in [6.07, 6.45) is 1.46. The predicted octanol–water partition coefficient (Wildman–Crippen LogP) is 3.36. The molecule has 0 aliphatic carbocycles. The lowest BCUT2D eigenvalue weighted by molar-refractivity contribution is 0.0999. The number of carbonyl (C=O) groups excluding carboxylic acids is 1. The minimum absolute atomic E-state index is 0.0832. The average molecular weight is 451 g/mol. The van der Waals surface area contributed by atoms with Gasteiger partial charge < -0.3 is 10.5 Å². The summed E-state index contributed by atoms with van der Waals surface area (Å²) in [6.45, 7) is 1.70. The van der Waals surface area contributed by atoms with Gasteiger partial charge in [-0.1, -0.05) is 30.3 Å². The number of aryl methyl sites for hydroxylation is 2. The third-order valence-electron chi connectivity index (χ3n) is 5.35. The molecular weight excluding hydrogens is 433 g/mol. The number of benzene rings is 2. The van der Waals surface area contributed by atoms with E-state index < -0.39 is 11.7 Å². The molecule has 0 radical (unpaired) electrons. The van der Waals surface area contributed by atoms with Gasteiger partial charge in [0.2, 0.25) is 5.88 Å². The SMILES string of the molecule is Cc1sc(C(N)=O)nc1Oc1ccc(-n2nc3n(c2=O)C(c2ccccc2)CC3)cc1F. The van der Waals surface area contributed by atoms with E-state index >= 15 is 0 Å². The van der Waals surface area contributed by atoms with Crippen LogP contribution < -0.4 is 16.2 Å². The summed E-state index contributed by atoms with van der Waals surface area (Å²) in [5, 5.41) is 4.51. The summed E-state index contributed by atoms with van der Waals surface area (Å²) in [4.78, 5) is 29.0. The molecule has 1 aliphatic rings.